The first-order chi connectivity index (χ1) is 8.02. The molecule has 0 spiro atoms. The summed E-state index contributed by atoms with van der Waals surface area (Å²) in [5.41, 5.74) is -1.05. The second-order valence-corrected chi connectivity index (χ2v) is 4.92. The maximum atomic E-state index is 11.6. The first-order valence-electron chi connectivity index (χ1n) is 4.98. The fourth-order valence-corrected chi connectivity index (χ4v) is 2.16. The van der Waals surface area contributed by atoms with Gasteiger partial charge in [-0.25, -0.2) is 4.79 Å². The van der Waals surface area contributed by atoms with Gasteiger partial charge in [0.25, 0.3) is 5.56 Å². The number of hydrogen-bond donors (Lipinski definition) is 3. The smallest absolute Gasteiger partial charge is 0.330 e. The summed E-state index contributed by atoms with van der Waals surface area (Å²) in [4.78, 5) is 24.9. The van der Waals surface area contributed by atoms with Crippen LogP contribution in [0.3, 0.4) is 0 Å². The van der Waals surface area contributed by atoms with Gasteiger partial charge in [-0.1, -0.05) is 0 Å². The molecule has 0 bridgehead atoms. The molecule has 0 saturated carbocycles. The molecule has 2 rings (SSSR count). The van der Waals surface area contributed by atoms with E-state index in [1.54, 1.807) is 22.6 Å². The molecular weight excluding hydrogens is 343 g/mol. The van der Waals surface area contributed by atoms with Gasteiger partial charge in [-0.15, -0.1) is 0 Å². The number of rotatable bonds is 2. The molecule has 1 aliphatic heterocycles. The SMILES string of the molecule is O=c1[nH]c(=O)n([C@@H]2CC(O)[C@H](CO)O2)cc1I. The molecule has 1 unspecified atom stereocenters. The Labute approximate surface area is 109 Å². The van der Waals surface area contributed by atoms with Gasteiger partial charge in [0.05, 0.1) is 16.3 Å². The van der Waals surface area contributed by atoms with Crippen LogP contribution in [-0.2, 0) is 4.74 Å². The fourth-order valence-electron chi connectivity index (χ4n) is 1.72. The van der Waals surface area contributed by atoms with Gasteiger partial charge in [0, 0.05) is 12.6 Å². The molecule has 0 amide bonds. The lowest BCUT2D eigenvalue weighted by molar-refractivity contribution is -0.0459. The minimum absolute atomic E-state index is 0.202. The van der Waals surface area contributed by atoms with E-state index >= 15 is 0 Å². The van der Waals surface area contributed by atoms with E-state index in [1.807, 2.05) is 0 Å². The molecule has 17 heavy (non-hydrogen) atoms. The van der Waals surface area contributed by atoms with Crippen LogP contribution in [-0.4, -0.2) is 38.6 Å². The number of aliphatic hydroxyl groups excluding tert-OH is 2. The number of ether oxygens (including phenoxy) is 1. The van der Waals surface area contributed by atoms with Gasteiger partial charge in [0.15, 0.2) is 0 Å². The zero-order valence-corrected chi connectivity index (χ0v) is 10.8. The molecule has 3 atom stereocenters. The van der Waals surface area contributed by atoms with Crippen LogP contribution in [0.1, 0.15) is 12.6 Å². The lowest BCUT2D eigenvalue weighted by atomic mass is 10.2. The summed E-state index contributed by atoms with van der Waals surface area (Å²) < 4.78 is 6.89. The number of nitrogens with one attached hydrogen (secondary N) is 1. The Balaban J connectivity index is 2.34. The monoisotopic (exact) mass is 354 g/mol. The molecule has 0 aromatic carbocycles. The zero-order valence-electron chi connectivity index (χ0n) is 8.67. The van der Waals surface area contributed by atoms with Gasteiger partial charge in [0.1, 0.15) is 12.3 Å². The van der Waals surface area contributed by atoms with Crippen LogP contribution < -0.4 is 11.2 Å². The average Bonchev–Trinajstić information content (AvgIpc) is 2.65. The van der Waals surface area contributed by atoms with E-state index < -0.39 is 29.7 Å². The lowest BCUT2D eigenvalue weighted by Gasteiger charge is -2.14. The standard InChI is InChI=1S/C9H11IN2O5/c10-4-2-12(9(16)11-8(4)15)7-1-5(14)6(3-13)17-7/h2,5-7,13-14H,1,3H2,(H,11,15,16)/t5?,6-,7-/m0/s1. The topological polar surface area (TPSA) is 105 Å². The van der Waals surface area contributed by atoms with Crippen LogP contribution in [0.5, 0.6) is 0 Å². The van der Waals surface area contributed by atoms with E-state index in [0.717, 1.165) is 0 Å². The fraction of sp³-hybridized carbons (Fsp3) is 0.556. The third kappa shape index (κ3) is 2.44. The van der Waals surface area contributed by atoms with Crippen molar-refractivity contribution in [3.63, 3.8) is 0 Å². The number of nitrogens with zero attached hydrogens (tertiary/aromatic N) is 1. The molecule has 1 aliphatic rings. The lowest BCUT2D eigenvalue weighted by Crippen LogP contribution is -2.33. The van der Waals surface area contributed by atoms with Gasteiger partial charge in [-0.2, -0.15) is 0 Å². The summed E-state index contributed by atoms with van der Waals surface area (Å²) in [5, 5.41) is 18.5. The van der Waals surface area contributed by atoms with Crippen molar-refractivity contribution in [2.45, 2.75) is 24.9 Å². The number of aromatic nitrogens is 2. The van der Waals surface area contributed by atoms with E-state index in [0.29, 0.717) is 3.57 Å². The maximum Gasteiger partial charge on any atom is 0.330 e. The van der Waals surface area contributed by atoms with Crippen LogP contribution in [0, 0.1) is 3.57 Å². The van der Waals surface area contributed by atoms with Crippen molar-refractivity contribution in [1.82, 2.24) is 9.55 Å². The highest BCUT2D eigenvalue weighted by Crippen LogP contribution is 2.27. The first kappa shape index (κ1) is 12.7. The quantitative estimate of drug-likeness (QED) is 0.578. The normalized spacial score (nSPS) is 28.5. The Kier molecular flexibility index (Phi) is 3.66. The first-order valence-corrected chi connectivity index (χ1v) is 6.06. The highest BCUT2D eigenvalue weighted by Gasteiger charge is 2.34. The molecule has 1 saturated heterocycles. The Hall–Kier alpha value is -0.710. The summed E-state index contributed by atoms with van der Waals surface area (Å²) in [7, 11) is 0. The van der Waals surface area contributed by atoms with Crippen LogP contribution >= 0.6 is 22.6 Å². The van der Waals surface area contributed by atoms with Gasteiger partial charge >= 0.3 is 5.69 Å². The van der Waals surface area contributed by atoms with Crippen molar-refractivity contribution in [3.8, 4) is 0 Å². The maximum absolute atomic E-state index is 11.6. The van der Waals surface area contributed by atoms with E-state index in [4.69, 9.17) is 9.84 Å². The van der Waals surface area contributed by atoms with Crippen molar-refractivity contribution in [2.75, 3.05) is 6.61 Å². The highest BCUT2D eigenvalue weighted by atomic mass is 127. The van der Waals surface area contributed by atoms with Crippen LogP contribution in [0.15, 0.2) is 15.8 Å². The number of aliphatic hydroxyl groups is 2. The number of H-pyrrole nitrogens is 1. The predicted molar refractivity (Wildman–Crippen MR) is 65.7 cm³/mol. The number of halogens is 1. The molecule has 8 heteroatoms. The molecule has 0 aliphatic carbocycles. The molecule has 3 N–H and O–H groups in total. The summed E-state index contributed by atoms with van der Waals surface area (Å²) in [6, 6.07) is 0. The predicted octanol–water partition coefficient (Wildman–Crippen LogP) is -1.22. The summed E-state index contributed by atoms with van der Waals surface area (Å²) in [6.45, 7) is -0.313. The van der Waals surface area contributed by atoms with Crippen molar-refractivity contribution in [2.24, 2.45) is 0 Å². The Bertz CT molecular complexity index is 525. The third-order valence-corrected chi connectivity index (χ3v) is 3.39. The molecule has 7 nitrogen and oxygen atoms in total. The largest absolute Gasteiger partial charge is 0.394 e. The minimum Gasteiger partial charge on any atom is -0.394 e. The minimum atomic E-state index is -0.818. The molecule has 1 aromatic heterocycles. The van der Waals surface area contributed by atoms with Gasteiger partial charge in [0.2, 0.25) is 0 Å². The Morgan fingerprint density at radius 1 is 1.59 bits per heavy atom. The Morgan fingerprint density at radius 3 is 2.88 bits per heavy atom. The van der Waals surface area contributed by atoms with Crippen LogP contribution in [0.2, 0.25) is 0 Å². The van der Waals surface area contributed by atoms with Crippen molar-refractivity contribution in [3.05, 3.63) is 30.6 Å². The van der Waals surface area contributed by atoms with Crippen LogP contribution in [0.25, 0.3) is 0 Å². The van der Waals surface area contributed by atoms with Crippen molar-refractivity contribution in [1.29, 1.82) is 0 Å². The average molecular weight is 354 g/mol. The third-order valence-electron chi connectivity index (χ3n) is 2.62. The Morgan fingerprint density at radius 2 is 2.29 bits per heavy atom. The summed E-state index contributed by atoms with van der Waals surface area (Å²) in [5.74, 6) is 0. The molecule has 1 fully saturated rings. The number of aromatic amines is 1. The molecule has 2 heterocycles. The highest BCUT2D eigenvalue weighted by molar-refractivity contribution is 14.1. The second-order valence-electron chi connectivity index (χ2n) is 3.76. The summed E-state index contributed by atoms with van der Waals surface area (Å²) in [6.07, 6.45) is -0.607. The zero-order chi connectivity index (χ0) is 12.6. The molecule has 1 aromatic rings. The van der Waals surface area contributed by atoms with Crippen LogP contribution in [0.4, 0.5) is 0 Å². The second kappa shape index (κ2) is 4.88. The molecular formula is C9H11IN2O5. The van der Waals surface area contributed by atoms with Crippen molar-refractivity contribution >= 4 is 22.6 Å². The van der Waals surface area contributed by atoms with E-state index in [1.165, 1.54) is 10.8 Å². The van der Waals surface area contributed by atoms with Crippen molar-refractivity contribution < 1.29 is 14.9 Å². The van der Waals surface area contributed by atoms with E-state index in [9.17, 15) is 14.7 Å². The van der Waals surface area contributed by atoms with Gasteiger partial charge in [-0.05, 0) is 22.6 Å². The molecule has 0 radical (unpaired) electrons. The van der Waals surface area contributed by atoms with Gasteiger partial charge < -0.3 is 14.9 Å². The number of hydrogen-bond acceptors (Lipinski definition) is 5. The van der Waals surface area contributed by atoms with E-state index in [2.05, 4.69) is 4.98 Å². The summed E-state index contributed by atoms with van der Waals surface area (Å²) >= 11 is 1.80. The molecule has 94 valence electrons. The van der Waals surface area contributed by atoms with Gasteiger partial charge in [-0.3, -0.25) is 14.3 Å². The van der Waals surface area contributed by atoms with E-state index in [-0.39, 0.29) is 13.0 Å².